The number of amides is 1. The van der Waals surface area contributed by atoms with Crippen molar-refractivity contribution < 1.29 is 23.4 Å². The molecule has 11 heteroatoms. The first-order chi connectivity index (χ1) is 22.7. The molecule has 0 radical (unpaired) electrons. The van der Waals surface area contributed by atoms with Crippen LogP contribution < -0.4 is 9.64 Å². The molecule has 3 saturated heterocycles. The Morgan fingerprint density at radius 1 is 1.28 bits per heavy atom. The van der Waals surface area contributed by atoms with E-state index in [1.165, 1.54) is 18.3 Å². The number of rotatable bonds is 7. The molecule has 0 unspecified atom stereocenters. The first kappa shape index (κ1) is 31.0. The van der Waals surface area contributed by atoms with Gasteiger partial charge in [-0.1, -0.05) is 36.8 Å². The zero-order chi connectivity index (χ0) is 33.0. The number of fused-ring (bicyclic) bond motifs is 3. The predicted octanol–water partition coefficient (Wildman–Crippen LogP) is 4.69. The molecule has 242 valence electrons. The highest BCUT2D eigenvalue weighted by molar-refractivity contribution is 6.02. The molecule has 1 N–H and O–H groups in total. The number of carbonyl (C=O) groups is 1. The van der Waals surface area contributed by atoms with Gasteiger partial charge in [-0.3, -0.25) is 14.7 Å². The van der Waals surface area contributed by atoms with E-state index in [0.717, 1.165) is 19.4 Å². The molecule has 7 rings (SSSR count). The summed E-state index contributed by atoms with van der Waals surface area (Å²) >= 11 is 0. The summed E-state index contributed by atoms with van der Waals surface area (Å²) in [6.07, 6.45) is 11.2. The maximum Gasteiger partial charge on any atom is 0.319 e. The van der Waals surface area contributed by atoms with E-state index in [2.05, 4.69) is 27.4 Å². The Balaban J connectivity index is 1.36. The highest BCUT2D eigenvalue weighted by atomic mass is 19.1. The van der Waals surface area contributed by atoms with Gasteiger partial charge in [0.15, 0.2) is 5.82 Å². The molecule has 9 nitrogen and oxygen atoms in total. The Hall–Kier alpha value is -4.66. The Labute approximate surface area is 271 Å². The molecule has 0 saturated carbocycles. The third-order valence-corrected chi connectivity index (χ3v) is 10.3. The quantitative estimate of drug-likeness (QED) is 0.230. The summed E-state index contributed by atoms with van der Waals surface area (Å²) in [6.45, 7) is 7.85. The Bertz CT molecular complexity index is 1960. The van der Waals surface area contributed by atoms with Gasteiger partial charge in [0.25, 0.3) is 0 Å². The van der Waals surface area contributed by atoms with Crippen molar-refractivity contribution >= 4 is 33.4 Å². The molecule has 3 aliphatic heterocycles. The number of hydrogen-bond acceptors (Lipinski definition) is 8. The van der Waals surface area contributed by atoms with Crippen molar-refractivity contribution in [1.82, 2.24) is 24.8 Å². The summed E-state index contributed by atoms with van der Waals surface area (Å²) in [4.78, 5) is 32.4. The van der Waals surface area contributed by atoms with Crippen LogP contribution in [0.25, 0.3) is 32.9 Å². The molecule has 5 heterocycles. The van der Waals surface area contributed by atoms with Crippen molar-refractivity contribution in [3.05, 3.63) is 66.4 Å². The van der Waals surface area contributed by atoms with Crippen molar-refractivity contribution in [2.45, 2.75) is 56.3 Å². The van der Waals surface area contributed by atoms with Gasteiger partial charge in [0, 0.05) is 43.3 Å². The lowest BCUT2D eigenvalue weighted by Gasteiger charge is -2.32. The summed E-state index contributed by atoms with van der Waals surface area (Å²) < 4.78 is 38.0. The molecule has 0 bridgehead atoms. The lowest BCUT2D eigenvalue weighted by molar-refractivity contribution is -0.126. The van der Waals surface area contributed by atoms with Crippen LogP contribution in [0.3, 0.4) is 0 Å². The SMILES string of the molecule is C#Cc1c(F)ccc2cccc(-c3ncc4c(N(C)[C@@H]5CCN(C(=O)C=C)[C@@H]5C)nc(OC[C@@]56CCCN5C[C@H](O)C6)nc4c3F)c12. The fourth-order valence-corrected chi connectivity index (χ4v) is 7.95. The maximum atomic E-state index is 16.8. The number of benzene rings is 2. The van der Waals surface area contributed by atoms with E-state index < -0.39 is 17.7 Å². The molecule has 47 heavy (non-hydrogen) atoms. The van der Waals surface area contributed by atoms with Gasteiger partial charge in [-0.25, -0.2) is 8.78 Å². The topological polar surface area (TPSA) is 94.9 Å². The minimum Gasteiger partial charge on any atom is -0.461 e. The predicted molar refractivity (Wildman–Crippen MR) is 176 cm³/mol. The number of aliphatic hydroxyl groups is 1. The number of aliphatic hydroxyl groups excluding tert-OH is 1. The van der Waals surface area contributed by atoms with E-state index in [-0.39, 0.29) is 52.9 Å². The molecule has 0 aliphatic carbocycles. The van der Waals surface area contributed by atoms with Crippen LogP contribution in [0.4, 0.5) is 14.6 Å². The average molecular weight is 639 g/mol. The molecule has 1 amide bonds. The van der Waals surface area contributed by atoms with Crippen molar-refractivity contribution in [1.29, 1.82) is 0 Å². The van der Waals surface area contributed by atoms with E-state index in [9.17, 15) is 14.3 Å². The number of likely N-dealkylation sites (N-methyl/N-ethyl adjacent to an activating group) is 1. The highest BCUT2D eigenvalue weighted by Gasteiger charge is 2.49. The van der Waals surface area contributed by atoms with E-state index in [1.54, 1.807) is 29.2 Å². The van der Waals surface area contributed by atoms with Gasteiger partial charge in [0.2, 0.25) is 5.91 Å². The molecule has 3 fully saturated rings. The molecule has 2 aromatic heterocycles. The van der Waals surface area contributed by atoms with Crippen LogP contribution in [-0.4, -0.2) is 92.8 Å². The van der Waals surface area contributed by atoms with Crippen LogP contribution in [0.1, 0.15) is 38.2 Å². The number of aromatic nitrogens is 3. The van der Waals surface area contributed by atoms with Gasteiger partial charge in [-0.2, -0.15) is 9.97 Å². The van der Waals surface area contributed by atoms with Crippen LogP contribution in [0, 0.1) is 24.0 Å². The highest BCUT2D eigenvalue weighted by Crippen LogP contribution is 2.41. The zero-order valence-electron chi connectivity index (χ0n) is 26.4. The molecule has 2 aromatic carbocycles. The van der Waals surface area contributed by atoms with E-state index in [4.69, 9.17) is 16.1 Å². The average Bonchev–Trinajstić information content (AvgIpc) is 3.74. The minimum absolute atomic E-state index is 0.00373. The second-order valence-electron chi connectivity index (χ2n) is 12.8. The van der Waals surface area contributed by atoms with Crippen molar-refractivity contribution in [3.8, 4) is 29.6 Å². The minimum atomic E-state index is -0.719. The largest absolute Gasteiger partial charge is 0.461 e. The smallest absolute Gasteiger partial charge is 0.319 e. The van der Waals surface area contributed by atoms with Gasteiger partial charge >= 0.3 is 6.01 Å². The van der Waals surface area contributed by atoms with Crippen LogP contribution >= 0.6 is 0 Å². The maximum absolute atomic E-state index is 16.8. The number of halogens is 2. The number of carbonyl (C=O) groups excluding carboxylic acids is 1. The van der Waals surface area contributed by atoms with E-state index in [0.29, 0.717) is 53.5 Å². The first-order valence-electron chi connectivity index (χ1n) is 15.9. The Morgan fingerprint density at radius 3 is 2.89 bits per heavy atom. The van der Waals surface area contributed by atoms with Gasteiger partial charge in [-0.05, 0) is 56.7 Å². The summed E-state index contributed by atoms with van der Waals surface area (Å²) in [5, 5.41) is 11.8. The molecule has 0 spiro atoms. The Kier molecular flexibility index (Phi) is 7.81. The molecule has 3 aliphatic rings. The zero-order valence-corrected chi connectivity index (χ0v) is 26.4. The van der Waals surface area contributed by atoms with Crippen LogP contribution in [0.15, 0.2) is 49.2 Å². The monoisotopic (exact) mass is 638 g/mol. The third-order valence-electron chi connectivity index (χ3n) is 10.3. The van der Waals surface area contributed by atoms with Crippen molar-refractivity contribution in [2.75, 3.05) is 38.2 Å². The number of ether oxygens (including phenoxy) is 1. The Morgan fingerprint density at radius 2 is 2.11 bits per heavy atom. The molecule has 4 atom stereocenters. The molecule has 4 aromatic rings. The second kappa shape index (κ2) is 11.9. The van der Waals surface area contributed by atoms with Gasteiger partial charge in [0.1, 0.15) is 29.5 Å². The number of terminal acetylenes is 1. The van der Waals surface area contributed by atoms with Gasteiger partial charge in [0.05, 0.1) is 28.6 Å². The third kappa shape index (κ3) is 5.07. The summed E-state index contributed by atoms with van der Waals surface area (Å²) in [7, 11) is 1.86. The summed E-state index contributed by atoms with van der Waals surface area (Å²) in [6, 6.07) is 7.78. The van der Waals surface area contributed by atoms with E-state index in [1.807, 2.05) is 18.9 Å². The number of β-amino-alcohol motifs (C(OH)–C–C–N with tert-alkyl or cyclic N) is 1. The van der Waals surface area contributed by atoms with E-state index >= 15 is 4.39 Å². The normalized spacial score (nSPS) is 24.1. The fourth-order valence-electron chi connectivity index (χ4n) is 7.95. The summed E-state index contributed by atoms with van der Waals surface area (Å²) in [5.41, 5.74) is -0.00164. The van der Waals surface area contributed by atoms with Gasteiger partial charge < -0.3 is 19.6 Å². The lowest BCUT2D eigenvalue weighted by atomic mass is 9.94. The lowest BCUT2D eigenvalue weighted by Crippen LogP contribution is -2.44. The van der Waals surface area contributed by atoms with Crippen LogP contribution in [0.5, 0.6) is 6.01 Å². The number of hydrogen-bond donors (Lipinski definition) is 1. The molecular weight excluding hydrogens is 602 g/mol. The number of nitrogens with zero attached hydrogens (tertiary/aromatic N) is 6. The molecular formula is C36H36F2N6O3. The van der Waals surface area contributed by atoms with Crippen LogP contribution in [-0.2, 0) is 4.79 Å². The van der Waals surface area contributed by atoms with Crippen molar-refractivity contribution in [2.24, 2.45) is 0 Å². The summed E-state index contributed by atoms with van der Waals surface area (Å²) in [5.74, 6) is 1.38. The number of anilines is 1. The first-order valence-corrected chi connectivity index (χ1v) is 15.9. The van der Waals surface area contributed by atoms with Crippen LogP contribution in [0.2, 0.25) is 0 Å². The number of likely N-dealkylation sites (tertiary alicyclic amines) is 1. The second-order valence-corrected chi connectivity index (χ2v) is 12.8. The standard InChI is InChI=1S/C36H36F2N6O3/c1-5-24-27(37)12-11-22-9-7-10-25(30(22)24)32-31(38)33-26(18-39-32)34(42(4)28-13-16-44(21(28)3)29(46)6-2)41-35(40-33)47-20-36-14-8-15-43(36)19-23(45)17-36/h1,6-7,9-12,18,21,23,28,45H,2,8,13-17,19-20H2,3-4H3/t21-,23-,28-,36+/m1/s1. The van der Waals surface area contributed by atoms with Crippen molar-refractivity contribution in [3.63, 3.8) is 0 Å². The van der Waals surface area contributed by atoms with Gasteiger partial charge in [-0.15, -0.1) is 6.42 Å². The number of pyridine rings is 1. The fraction of sp³-hybridized carbons (Fsp3) is 0.389.